The van der Waals surface area contributed by atoms with Crippen LogP contribution in [0.2, 0.25) is 0 Å². The van der Waals surface area contributed by atoms with Gasteiger partial charge >= 0.3 is 5.97 Å². The van der Waals surface area contributed by atoms with Crippen molar-refractivity contribution >= 4 is 5.97 Å². The van der Waals surface area contributed by atoms with Gasteiger partial charge in [0.15, 0.2) is 0 Å². The highest BCUT2D eigenvalue weighted by Crippen LogP contribution is 1.90. The van der Waals surface area contributed by atoms with Crippen molar-refractivity contribution in [2.45, 2.75) is 33.6 Å². The van der Waals surface area contributed by atoms with Crippen molar-refractivity contribution in [1.29, 1.82) is 0 Å². The van der Waals surface area contributed by atoms with E-state index >= 15 is 0 Å². The lowest BCUT2D eigenvalue weighted by Crippen LogP contribution is -2.00. The van der Waals surface area contributed by atoms with Crippen LogP contribution in [-0.2, 0) is 9.53 Å². The van der Waals surface area contributed by atoms with Crippen LogP contribution in [0.3, 0.4) is 0 Å². The molecule has 0 saturated carbocycles. The molecule has 0 atom stereocenters. The third-order valence-corrected chi connectivity index (χ3v) is 1.53. The Morgan fingerprint density at radius 2 is 2.06 bits per heavy atom. The molecule has 2 heteroatoms. The zero-order chi connectivity index (χ0) is 12.9. The second kappa shape index (κ2) is 10.6. The number of hydrogen-bond donors (Lipinski definition) is 0. The minimum atomic E-state index is -0.328. The standard InChI is InChI=1S/C15H18O2/c1-4-5-6-7-8-9-10-11-12-17-15(16)13-14(2)3/h10-11,13H,4-5,12H2,1-3H3/b11-10+. The largest absolute Gasteiger partial charge is 0.458 e. The summed E-state index contributed by atoms with van der Waals surface area (Å²) in [5.74, 6) is 10.8. The van der Waals surface area contributed by atoms with Gasteiger partial charge in [-0.2, -0.15) is 0 Å². The molecular formula is C15H18O2. The van der Waals surface area contributed by atoms with Crippen molar-refractivity contribution in [2.75, 3.05) is 6.61 Å². The van der Waals surface area contributed by atoms with E-state index in [0.717, 1.165) is 18.4 Å². The SMILES string of the molecule is CCCC#CC#C/C=C/COC(=O)C=C(C)C. The summed E-state index contributed by atoms with van der Waals surface area (Å²) in [6, 6.07) is 0. The van der Waals surface area contributed by atoms with Crippen LogP contribution in [0, 0.1) is 23.7 Å². The Kier molecular flexibility index (Phi) is 9.38. The van der Waals surface area contributed by atoms with Gasteiger partial charge in [0, 0.05) is 12.5 Å². The minimum Gasteiger partial charge on any atom is -0.458 e. The first-order valence-corrected chi connectivity index (χ1v) is 5.62. The van der Waals surface area contributed by atoms with Crippen LogP contribution in [0.4, 0.5) is 0 Å². The molecule has 0 heterocycles. The van der Waals surface area contributed by atoms with Gasteiger partial charge in [0.05, 0.1) is 0 Å². The smallest absolute Gasteiger partial charge is 0.330 e. The van der Waals surface area contributed by atoms with E-state index in [1.807, 2.05) is 13.8 Å². The third kappa shape index (κ3) is 12.0. The Balaban J connectivity index is 3.80. The van der Waals surface area contributed by atoms with Gasteiger partial charge < -0.3 is 4.74 Å². The highest BCUT2D eigenvalue weighted by atomic mass is 16.5. The number of unbranched alkanes of at least 4 members (excludes halogenated alkanes) is 1. The summed E-state index contributed by atoms with van der Waals surface area (Å²) in [7, 11) is 0. The Morgan fingerprint density at radius 3 is 2.71 bits per heavy atom. The van der Waals surface area contributed by atoms with Crippen LogP contribution in [0.15, 0.2) is 23.8 Å². The predicted molar refractivity (Wildman–Crippen MR) is 70.0 cm³/mol. The highest BCUT2D eigenvalue weighted by molar-refractivity contribution is 5.82. The molecule has 0 amide bonds. The van der Waals surface area contributed by atoms with Gasteiger partial charge in [0.1, 0.15) is 6.61 Å². The molecule has 0 aliphatic rings. The molecule has 0 unspecified atom stereocenters. The number of allylic oxidation sites excluding steroid dienone is 2. The zero-order valence-electron chi connectivity index (χ0n) is 10.7. The van der Waals surface area contributed by atoms with E-state index in [4.69, 9.17) is 4.74 Å². The van der Waals surface area contributed by atoms with Crippen molar-refractivity contribution in [3.8, 4) is 23.7 Å². The Morgan fingerprint density at radius 1 is 1.29 bits per heavy atom. The van der Waals surface area contributed by atoms with Crippen molar-refractivity contribution in [2.24, 2.45) is 0 Å². The van der Waals surface area contributed by atoms with Crippen molar-refractivity contribution in [3.05, 3.63) is 23.8 Å². The maximum Gasteiger partial charge on any atom is 0.330 e. The fraction of sp³-hybridized carbons (Fsp3) is 0.400. The molecule has 0 spiro atoms. The molecule has 0 rings (SSSR count). The second-order valence-electron chi connectivity index (χ2n) is 3.58. The number of carbonyl (C=O) groups is 1. The first kappa shape index (κ1) is 15.1. The molecule has 0 aliphatic carbocycles. The molecule has 0 aromatic heterocycles. The van der Waals surface area contributed by atoms with E-state index in [2.05, 4.69) is 30.6 Å². The van der Waals surface area contributed by atoms with E-state index in [-0.39, 0.29) is 12.6 Å². The fourth-order valence-corrected chi connectivity index (χ4v) is 0.824. The van der Waals surface area contributed by atoms with Gasteiger partial charge in [-0.15, -0.1) is 0 Å². The van der Waals surface area contributed by atoms with E-state index in [0.29, 0.717) is 0 Å². The van der Waals surface area contributed by atoms with Gasteiger partial charge in [0.25, 0.3) is 0 Å². The van der Waals surface area contributed by atoms with Gasteiger partial charge in [0.2, 0.25) is 0 Å². The number of carbonyl (C=O) groups excluding carboxylic acids is 1. The molecule has 90 valence electrons. The lowest BCUT2D eigenvalue weighted by Gasteiger charge is -1.95. The number of rotatable bonds is 4. The Bertz CT molecular complexity index is 402. The monoisotopic (exact) mass is 230 g/mol. The molecule has 2 nitrogen and oxygen atoms in total. The molecule has 0 aromatic carbocycles. The maximum atomic E-state index is 11.1. The summed E-state index contributed by atoms with van der Waals surface area (Å²) < 4.78 is 4.89. The summed E-state index contributed by atoms with van der Waals surface area (Å²) in [6.45, 7) is 6.00. The molecule has 0 N–H and O–H groups in total. The van der Waals surface area contributed by atoms with E-state index < -0.39 is 0 Å². The summed E-state index contributed by atoms with van der Waals surface area (Å²) in [5, 5.41) is 0. The van der Waals surface area contributed by atoms with Gasteiger partial charge in [-0.05, 0) is 44.3 Å². The van der Waals surface area contributed by atoms with Crippen LogP contribution in [-0.4, -0.2) is 12.6 Å². The predicted octanol–water partition coefficient (Wildman–Crippen LogP) is 2.86. The Hall–Kier alpha value is -1.93. The zero-order valence-corrected chi connectivity index (χ0v) is 10.7. The van der Waals surface area contributed by atoms with E-state index in [1.165, 1.54) is 6.08 Å². The summed E-state index contributed by atoms with van der Waals surface area (Å²) >= 11 is 0. The normalized spacial score (nSPS) is 8.65. The third-order valence-electron chi connectivity index (χ3n) is 1.53. The lowest BCUT2D eigenvalue weighted by atomic mass is 10.3. The maximum absolute atomic E-state index is 11.1. The highest BCUT2D eigenvalue weighted by Gasteiger charge is 1.93. The van der Waals surface area contributed by atoms with E-state index in [1.54, 1.807) is 12.2 Å². The second-order valence-corrected chi connectivity index (χ2v) is 3.58. The van der Waals surface area contributed by atoms with Crippen LogP contribution >= 0.6 is 0 Å². The summed E-state index contributed by atoms with van der Waals surface area (Å²) in [4.78, 5) is 11.1. The van der Waals surface area contributed by atoms with Gasteiger partial charge in [-0.1, -0.05) is 24.3 Å². The fourth-order valence-electron chi connectivity index (χ4n) is 0.824. The molecule has 0 fully saturated rings. The number of ether oxygens (including phenoxy) is 1. The number of esters is 1. The number of hydrogen-bond acceptors (Lipinski definition) is 2. The topological polar surface area (TPSA) is 26.3 Å². The molecule has 17 heavy (non-hydrogen) atoms. The molecule has 0 saturated heterocycles. The summed E-state index contributed by atoms with van der Waals surface area (Å²) in [6.07, 6.45) is 6.70. The molecule has 0 radical (unpaired) electrons. The molecule has 0 aliphatic heterocycles. The minimum absolute atomic E-state index is 0.236. The van der Waals surface area contributed by atoms with Crippen LogP contribution < -0.4 is 0 Å². The average molecular weight is 230 g/mol. The first-order chi connectivity index (χ1) is 8.16. The summed E-state index contributed by atoms with van der Waals surface area (Å²) in [5.41, 5.74) is 0.921. The lowest BCUT2D eigenvalue weighted by molar-refractivity contribution is -0.136. The van der Waals surface area contributed by atoms with E-state index in [9.17, 15) is 4.79 Å². The van der Waals surface area contributed by atoms with Crippen molar-refractivity contribution < 1.29 is 9.53 Å². The first-order valence-electron chi connectivity index (χ1n) is 5.62. The van der Waals surface area contributed by atoms with Gasteiger partial charge in [-0.25, -0.2) is 4.79 Å². The van der Waals surface area contributed by atoms with Crippen LogP contribution in [0.5, 0.6) is 0 Å². The quantitative estimate of drug-likeness (QED) is 0.422. The van der Waals surface area contributed by atoms with Crippen LogP contribution in [0.25, 0.3) is 0 Å². The van der Waals surface area contributed by atoms with Crippen LogP contribution in [0.1, 0.15) is 33.6 Å². The van der Waals surface area contributed by atoms with Crippen molar-refractivity contribution in [1.82, 2.24) is 0 Å². The molecule has 0 bridgehead atoms. The Labute approximate surface area is 104 Å². The van der Waals surface area contributed by atoms with Gasteiger partial charge in [-0.3, -0.25) is 0 Å². The molecular weight excluding hydrogens is 212 g/mol. The average Bonchev–Trinajstić information content (AvgIpc) is 2.26. The van der Waals surface area contributed by atoms with Crippen molar-refractivity contribution in [3.63, 3.8) is 0 Å². The molecule has 0 aromatic rings.